The van der Waals surface area contributed by atoms with Crippen molar-refractivity contribution in [1.82, 2.24) is 10.2 Å². The zero-order valence-corrected chi connectivity index (χ0v) is 10.7. The third-order valence-corrected chi connectivity index (χ3v) is 2.77. The highest BCUT2D eigenvalue weighted by Gasteiger charge is 2.05. The average Bonchev–Trinajstić information content (AvgIpc) is 2.33. The van der Waals surface area contributed by atoms with E-state index in [-0.39, 0.29) is 5.88 Å². The van der Waals surface area contributed by atoms with Gasteiger partial charge in [0.05, 0.1) is 5.69 Å². The van der Waals surface area contributed by atoms with Crippen molar-refractivity contribution < 1.29 is 9.53 Å². The first-order valence-electron chi connectivity index (χ1n) is 5.35. The highest BCUT2D eigenvalue weighted by molar-refractivity contribution is 6.31. The number of aromatic nitrogens is 2. The summed E-state index contributed by atoms with van der Waals surface area (Å²) in [6.45, 7) is 3.24. The molecular formula is C13H11ClN2O2. The molecule has 0 saturated heterocycles. The van der Waals surface area contributed by atoms with Crippen LogP contribution in [-0.2, 0) is 4.79 Å². The second-order valence-electron chi connectivity index (χ2n) is 3.81. The van der Waals surface area contributed by atoms with Gasteiger partial charge in [-0.25, -0.2) is 0 Å². The number of benzene rings is 1. The molecule has 1 heterocycles. The number of aryl methyl sites for hydroxylation is 1. The summed E-state index contributed by atoms with van der Waals surface area (Å²) >= 11 is 5.96. The van der Waals surface area contributed by atoms with Gasteiger partial charge in [0.15, 0.2) is 0 Å². The third kappa shape index (κ3) is 2.84. The number of carbonyl (C=O) groups excluding carboxylic acids is 1. The molecule has 2 rings (SSSR count). The van der Waals surface area contributed by atoms with E-state index >= 15 is 0 Å². The summed E-state index contributed by atoms with van der Waals surface area (Å²) in [7, 11) is 0. The number of rotatable bonds is 2. The first-order chi connectivity index (χ1) is 8.56. The smallest absolute Gasteiger partial charge is 0.309 e. The van der Waals surface area contributed by atoms with E-state index in [0.29, 0.717) is 10.7 Å². The van der Waals surface area contributed by atoms with E-state index in [1.54, 1.807) is 12.1 Å². The third-order valence-electron chi connectivity index (χ3n) is 2.34. The molecule has 5 heteroatoms. The van der Waals surface area contributed by atoms with Gasteiger partial charge in [0, 0.05) is 23.6 Å². The Bertz CT molecular complexity index is 582. The molecule has 0 atom stereocenters. The van der Waals surface area contributed by atoms with Crippen molar-refractivity contribution in [3.63, 3.8) is 0 Å². The van der Waals surface area contributed by atoms with Crippen LogP contribution in [0.15, 0.2) is 30.3 Å². The Labute approximate surface area is 110 Å². The zero-order chi connectivity index (χ0) is 13.1. The standard InChI is InChI=1S/C13H11ClN2O2/c1-8-7-10(3-4-11(8)14)12-5-6-13(16-15-12)18-9(2)17/h3-7H,1-2H3. The Hall–Kier alpha value is -1.94. The molecule has 0 saturated carbocycles. The van der Waals surface area contributed by atoms with E-state index in [0.717, 1.165) is 11.1 Å². The van der Waals surface area contributed by atoms with Crippen molar-refractivity contribution in [2.75, 3.05) is 0 Å². The second-order valence-corrected chi connectivity index (χ2v) is 4.22. The highest BCUT2D eigenvalue weighted by atomic mass is 35.5. The van der Waals surface area contributed by atoms with Gasteiger partial charge in [-0.15, -0.1) is 10.2 Å². The van der Waals surface area contributed by atoms with E-state index in [1.165, 1.54) is 6.92 Å². The molecule has 4 nitrogen and oxygen atoms in total. The van der Waals surface area contributed by atoms with E-state index < -0.39 is 5.97 Å². The van der Waals surface area contributed by atoms with Gasteiger partial charge >= 0.3 is 5.97 Å². The summed E-state index contributed by atoms with van der Waals surface area (Å²) < 4.78 is 4.81. The number of nitrogens with zero attached hydrogens (tertiary/aromatic N) is 2. The topological polar surface area (TPSA) is 52.1 Å². The van der Waals surface area contributed by atoms with Gasteiger partial charge < -0.3 is 4.74 Å². The maximum atomic E-state index is 10.7. The largest absolute Gasteiger partial charge is 0.406 e. The molecule has 1 aromatic carbocycles. The van der Waals surface area contributed by atoms with Gasteiger partial charge in [-0.3, -0.25) is 4.79 Å². The molecule has 0 spiro atoms. The van der Waals surface area contributed by atoms with Crippen molar-refractivity contribution >= 4 is 17.6 Å². The molecule has 0 bridgehead atoms. The van der Waals surface area contributed by atoms with E-state index in [2.05, 4.69) is 10.2 Å². The predicted molar refractivity (Wildman–Crippen MR) is 68.5 cm³/mol. The molecule has 0 fully saturated rings. The molecule has 1 aromatic heterocycles. The van der Waals surface area contributed by atoms with Crippen molar-refractivity contribution in [2.24, 2.45) is 0 Å². The number of hydrogen-bond donors (Lipinski definition) is 0. The van der Waals surface area contributed by atoms with Gasteiger partial charge in [-0.1, -0.05) is 17.7 Å². The lowest BCUT2D eigenvalue weighted by Gasteiger charge is -2.04. The lowest BCUT2D eigenvalue weighted by Crippen LogP contribution is -2.03. The normalized spacial score (nSPS) is 10.2. The predicted octanol–water partition coefficient (Wildman–Crippen LogP) is 3.03. The number of halogens is 1. The van der Waals surface area contributed by atoms with Crippen molar-refractivity contribution in [3.05, 3.63) is 40.9 Å². The molecule has 0 N–H and O–H groups in total. The molecule has 0 aliphatic rings. The van der Waals surface area contributed by atoms with Gasteiger partial charge in [-0.05, 0) is 30.7 Å². The van der Waals surface area contributed by atoms with E-state index in [4.69, 9.17) is 16.3 Å². The van der Waals surface area contributed by atoms with Crippen LogP contribution >= 0.6 is 11.6 Å². The summed E-state index contributed by atoms with van der Waals surface area (Å²) in [4.78, 5) is 10.7. The van der Waals surface area contributed by atoms with Crippen LogP contribution in [0.25, 0.3) is 11.3 Å². The minimum absolute atomic E-state index is 0.192. The minimum Gasteiger partial charge on any atom is -0.406 e. The fourth-order valence-electron chi connectivity index (χ4n) is 1.48. The van der Waals surface area contributed by atoms with Crippen LogP contribution in [0.1, 0.15) is 12.5 Å². The number of carbonyl (C=O) groups is 1. The van der Waals surface area contributed by atoms with E-state index in [9.17, 15) is 4.79 Å². The summed E-state index contributed by atoms with van der Waals surface area (Å²) in [6, 6.07) is 8.96. The molecule has 0 amide bonds. The first-order valence-corrected chi connectivity index (χ1v) is 5.73. The van der Waals surface area contributed by atoms with Gasteiger partial charge in [0.2, 0.25) is 5.88 Å². The molecule has 0 unspecified atom stereocenters. The lowest BCUT2D eigenvalue weighted by atomic mass is 10.1. The van der Waals surface area contributed by atoms with Crippen molar-refractivity contribution in [1.29, 1.82) is 0 Å². The van der Waals surface area contributed by atoms with Gasteiger partial charge in [0.25, 0.3) is 0 Å². The average molecular weight is 263 g/mol. The minimum atomic E-state index is -0.417. The van der Waals surface area contributed by atoms with Crippen LogP contribution in [0.2, 0.25) is 5.02 Å². The first kappa shape index (κ1) is 12.5. The van der Waals surface area contributed by atoms with Crippen molar-refractivity contribution in [3.8, 4) is 17.1 Å². The van der Waals surface area contributed by atoms with Crippen LogP contribution < -0.4 is 4.74 Å². The van der Waals surface area contributed by atoms with E-state index in [1.807, 2.05) is 25.1 Å². The fraction of sp³-hybridized carbons (Fsp3) is 0.154. The fourth-order valence-corrected chi connectivity index (χ4v) is 1.60. The summed E-state index contributed by atoms with van der Waals surface area (Å²) in [5, 5.41) is 8.54. The van der Waals surface area contributed by atoms with Gasteiger partial charge in [-0.2, -0.15) is 0 Å². The molecule has 0 aliphatic carbocycles. The highest BCUT2D eigenvalue weighted by Crippen LogP contribution is 2.23. The Morgan fingerprint density at radius 2 is 2.00 bits per heavy atom. The van der Waals surface area contributed by atoms with Gasteiger partial charge in [0.1, 0.15) is 0 Å². The Balaban J connectivity index is 2.28. The SMILES string of the molecule is CC(=O)Oc1ccc(-c2ccc(Cl)c(C)c2)nn1. The summed E-state index contributed by atoms with van der Waals surface area (Å²) in [5.41, 5.74) is 2.59. The van der Waals surface area contributed by atoms with Crippen LogP contribution in [-0.4, -0.2) is 16.2 Å². The van der Waals surface area contributed by atoms with Crippen LogP contribution in [0, 0.1) is 6.92 Å². The van der Waals surface area contributed by atoms with Crippen LogP contribution in [0.3, 0.4) is 0 Å². The lowest BCUT2D eigenvalue weighted by molar-refractivity contribution is -0.132. The monoisotopic (exact) mass is 262 g/mol. The molecule has 0 aliphatic heterocycles. The van der Waals surface area contributed by atoms with Crippen LogP contribution in [0.4, 0.5) is 0 Å². The molecule has 0 radical (unpaired) electrons. The Morgan fingerprint density at radius 3 is 2.56 bits per heavy atom. The molecule has 2 aromatic rings. The zero-order valence-electron chi connectivity index (χ0n) is 9.98. The molecule has 92 valence electrons. The summed E-state index contributed by atoms with van der Waals surface area (Å²) in [5.74, 6) is -0.226. The maximum Gasteiger partial charge on any atom is 0.309 e. The molecule has 18 heavy (non-hydrogen) atoms. The summed E-state index contributed by atoms with van der Waals surface area (Å²) in [6.07, 6.45) is 0. The van der Waals surface area contributed by atoms with Crippen LogP contribution in [0.5, 0.6) is 5.88 Å². The Morgan fingerprint density at radius 1 is 1.22 bits per heavy atom. The number of ether oxygens (including phenoxy) is 1. The van der Waals surface area contributed by atoms with Crippen molar-refractivity contribution in [2.45, 2.75) is 13.8 Å². The quantitative estimate of drug-likeness (QED) is 0.781. The number of hydrogen-bond acceptors (Lipinski definition) is 4. The second kappa shape index (κ2) is 5.14. The Kier molecular flexibility index (Phi) is 3.58. The maximum absolute atomic E-state index is 10.7. The number of esters is 1. The molecular weight excluding hydrogens is 252 g/mol.